The van der Waals surface area contributed by atoms with Crippen molar-refractivity contribution in [1.29, 1.82) is 0 Å². The number of likely N-dealkylation sites (tertiary alicyclic amines) is 1. The van der Waals surface area contributed by atoms with Crippen molar-refractivity contribution in [1.82, 2.24) is 10.2 Å². The molecule has 2 rings (SSSR count). The van der Waals surface area contributed by atoms with E-state index in [0.717, 1.165) is 39.0 Å². The highest BCUT2D eigenvalue weighted by Gasteiger charge is 2.22. The molecule has 0 spiro atoms. The van der Waals surface area contributed by atoms with Crippen molar-refractivity contribution in [2.75, 3.05) is 31.5 Å². The second kappa shape index (κ2) is 7.87. The van der Waals surface area contributed by atoms with Crippen LogP contribution in [0.1, 0.15) is 19.8 Å². The zero-order valence-corrected chi connectivity index (χ0v) is 13.7. The lowest BCUT2D eigenvalue weighted by Crippen LogP contribution is -2.42. The summed E-state index contributed by atoms with van der Waals surface area (Å²) in [5.74, 6) is 0.662. The SMILES string of the molecule is CCNCC1CCN(C(=O)Nc2cc(Cl)cc(Cl)c2)CC1. The molecular weight excluding hydrogens is 309 g/mol. The molecule has 21 heavy (non-hydrogen) atoms. The van der Waals surface area contributed by atoms with Crippen molar-refractivity contribution in [2.45, 2.75) is 19.8 Å². The van der Waals surface area contributed by atoms with Crippen LogP contribution >= 0.6 is 23.2 Å². The van der Waals surface area contributed by atoms with Crippen LogP contribution in [0.4, 0.5) is 10.5 Å². The van der Waals surface area contributed by atoms with E-state index < -0.39 is 0 Å². The molecule has 2 N–H and O–H groups in total. The van der Waals surface area contributed by atoms with Crippen LogP contribution in [-0.4, -0.2) is 37.1 Å². The summed E-state index contributed by atoms with van der Waals surface area (Å²) in [4.78, 5) is 14.1. The molecular formula is C15H21Cl2N3O. The molecule has 0 aromatic heterocycles. The Morgan fingerprint density at radius 3 is 2.43 bits per heavy atom. The van der Waals surface area contributed by atoms with Crippen molar-refractivity contribution in [3.05, 3.63) is 28.2 Å². The number of hydrogen-bond donors (Lipinski definition) is 2. The predicted molar refractivity (Wildman–Crippen MR) is 88.3 cm³/mol. The van der Waals surface area contributed by atoms with Crippen molar-refractivity contribution in [3.8, 4) is 0 Å². The van der Waals surface area contributed by atoms with Crippen molar-refractivity contribution in [2.24, 2.45) is 5.92 Å². The molecule has 0 atom stereocenters. The summed E-state index contributed by atoms with van der Waals surface area (Å²) >= 11 is 11.9. The standard InChI is InChI=1S/C15H21Cl2N3O/c1-2-18-10-11-3-5-20(6-4-11)15(21)19-14-8-12(16)7-13(17)9-14/h7-9,11,18H,2-6,10H2,1H3,(H,19,21). The largest absolute Gasteiger partial charge is 0.325 e. The third-order valence-corrected chi connectivity index (χ3v) is 4.14. The van der Waals surface area contributed by atoms with Crippen LogP contribution in [0.5, 0.6) is 0 Å². The summed E-state index contributed by atoms with van der Waals surface area (Å²) in [6.45, 7) is 5.72. The Balaban J connectivity index is 1.84. The lowest BCUT2D eigenvalue weighted by Gasteiger charge is -2.32. The Bertz CT molecular complexity index is 468. The molecule has 1 fully saturated rings. The van der Waals surface area contributed by atoms with Crippen LogP contribution in [0, 0.1) is 5.92 Å². The number of halogens is 2. The summed E-state index contributed by atoms with van der Waals surface area (Å²) < 4.78 is 0. The lowest BCUT2D eigenvalue weighted by atomic mass is 9.97. The Morgan fingerprint density at radius 1 is 1.24 bits per heavy atom. The molecule has 2 amide bonds. The van der Waals surface area contributed by atoms with Gasteiger partial charge < -0.3 is 15.5 Å². The number of hydrogen-bond acceptors (Lipinski definition) is 2. The number of anilines is 1. The third-order valence-electron chi connectivity index (χ3n) is 3.70. The summed E-state index contributed by atoms with van der Waals surface area (Å²) in [5, 5.41) is 7.25. The van der Waals surface area contributed by atoms with Gasteiger partial charge in [-0.1, -0.05) is 30.1 Å². The highest BCUT2D eigenvalue weighted by molar-refractivity contribution is 6.35. The normalized spacial score (nSPS) is 16.0. The molecule has 1 aliphatic rings. The van der Waals surface area contributed by atoms with Gasteiger partial charge in [-0.2, -0.15) is 0 Å². The van der Waals surface area contributed by atoms with Crippen LogP contribution in [0.25, 0.3) is 0 Å². The van der Waals surface area contributed by atoms with E-state index >= 15 is 0 Å². The summed E-state index contributed by atoms with van der Waals surface area (Å²) in [6.07, 6.45) is 2.08. The van der Waals surface area contributed by atoms with E-state index in [9.17, 15) is 4.79 Å². The number of carbonyl (C=O) groups excluding carboxylic acids is 1. The van der Waals surface area contributed by atoms with Crippen molar-refractivity contribution in [3.63, 3.8) is 0 Å². The maximum Gasteiger partial charge on any atom is 0.321 e. The molecule has 0 radical (unpaired) electrons. The number of nitrogens with zero attached hydrogens (tertiary/aromatic N) is 1. The molecule has 4 nitrogen and oxygen atoms in total. The van der Waals surface area contributed by atoms with E-state index in [2.05, 4.69) is 17.6 Å². The van der Waals surface area contributed by atoms with Gasteiger partial charge in [-0.3, -0.25) is 0 Å². The first kappa shape index (κ1) is 16.4. The van der Waals surface area contributed by atoms with Crippen molar-refractivity contribution < 1.29 is 4.79 Å². The van der Waals surface area contributed by atoms with Crippen LogP contribution in [-0.2, 0) is 0 Å². The number of carbonyl (C=O) groups is 1. The fraction of sp³-hybridized carbons (Fsp3) is 0.533. The fourth-order valence-electron chi connectivity index (χ4n) is 2.52. The average Bonchev–Trinajstić information content (AvgIpc) is 2.44. The van der Waals surface area contributed by atoms with E-state index in [1.807, 2.05) is 4.90 Å². The van der Waals surface area contributed by atoms with Gasteiger partial charge in [0.1, 0.15) is 0 Å². The molecule has 0 saturated carbocycles. The number of rotatable bonds is 4. The van der Waals surface area contributed by atoms with Gasteiger partial charge in [0.25, 0.3) is 0 Å². The fourth-order valence-corrected chi connectivity index (χ4v) is 3.04. The Labute approximate surface area is 135 Å². The molecule has 6 heteroatoms. The van der Waals surface area contributed by atoms with Crippen LogP contribution in [0.3, 0.4) is 0 Å². The first-order valence-corrected chi connectivity index (χ1v) is 8.07. The molecule has 0 aliphatic carbocycles. The highest BCUT2D eigenvalue weighted by Crippen LogP contribution is 2.23. The van der Waals surface area contributed by atoms with Gasteiger partial charge in [0, 0.05) is 28.8 Å². The molecule has 1 aliphatic heterocycles. The van der Waals surface area contributed by atoms with Gasteiger partial charge in [0.2, 0.25) is 0 Å². The van der Waals surface area contributed by atoms with Gasteiger partial charge in [-0.05, 0) is 50.0 Å². The number of nitrogens with one attached hydrogen (secondary N) is 2. The van der Waals surface area contributed by atoms with Crippen LogP contribution < -0.4 is 10.6 Å². The van der Waals surface area contributed by atoms with E-state index in [4.69, 9.17) is 23.2 Å². The molecule has 0 bridgehead atoms. The minimum Gasteiger partial charge on any atom is -0.325 e. The van der Waals surface area contributed by atoms with Crippen LogP contribution in [0.15, 0.2) is 18.2 Å². The Morgan fingerprint density at radius 2 is 1.86 bits per heavy atom. The van der Waals surface area contributed by atoms with Gasteiger partial charge in [0.05, 0.1) is 0 Å². The zero-order valence-electron chi connectivity index (χ0n) is 12.2. The van der Waals surface area contributed by atoms with Gasteiger partial charge in [0.15, 0.2) is 0 Å². The molecule has 1 aromatic carbocycles. The van der Waals surface area contributed by atoms with Gasteiger partial charge in [-0.25, -0.2) is 4.79 Å². The van der Waals surface area contributed by atoms with E-state index in [1.54, 1.807) is 18.2 Å². The number of benzene rings is 1. The number of piperidine rings is 1. The lowest BCUT2D eigenvalue weighted by molar-refractivity contribution is 0.182. The second-order valence-corrected chi connectivity index (χ2v) is 6.20. The van der Waals surface area contributed by atoms with E-state index in [0.29, 0.717) is 21.7 Å². The third kappa shape index (κ3) is 5.06. The Hall–Kier alpha value is -0.970. The number of amides is 2. The molecule has 116 valence electrons. The molecule has 1 saturated heterocycles. The maximum absolute atomic E-state index is 12.2. The number of urea groups is 1. The van der Waals surface area contributed by atoms with Gasteiger partial charge in [-0.15, -0.1) is 0 Å². The highest BCUT2D eigenvalue weighted by atomic mass is 35.5. The quantitative estimate of drug-likeness (QED) is 0.881. The molecule has 1 aromatic rings. The minimum atomic E-state index is -0.0877. The van der Waals surface area contributed by atoms with Gasteiger partial charge >= 0.3 is 6.03 Å². The maximum atomic E-state index is 12.2. The second-order valence-electron chi connectivity index (χ2n) is 5.33. The smallest absolute Gasteiger partial charge is 0.321 e. The van der Waals surface area contributed by atoms with E-state index in [-0.39, 0.29) is 6.03 Å². The summed E-state index contributed by atoms with van der Waals surface area (Å²) in [6, 6.07) is 4.95. The summed E-state index contributed by atoms with van der Waals surface area (Å²) in [5.41, 5.74) is 0.632. The predicted octanol–water partition coefficient (Wildman–Crippen LogP) is 3.85. The van der Waals surface area contributed by atoms with Crippen LogP contribution in [0.2, 0.25) is 10.0 Å². The first-order valence-electron chi connectivity index (χ1n) is 7.31. The Kier molecular flexibility index (Phi) is 6.15. The monoisotopic (exact) mass is 329 g/mol. The zero-order chi connectivity index (χ0) is 15.2. The summed E-state index contributed by atoms with van der Waals surface area (Å²) in [7, 11) is 0. The average molecular weight is 330 g/mol. The molecule has 0 unspecified atom stereocenters. The van der Waals surface area contributed by atoms with E-state index in [1.165, 1.54) is 0 Å². The topological polar surface area (TPSA) is 44.4 Å². The van der Waals surface area contributed by atoms with Crippen molar-refractivity contribution >= 4 is 34.9 Å². The first-order chi connectivity index (χ1) is 10.1. The molecule has 1 heterocycles. The minimum absolute atomic E-state index is 0.0877.